The number of nitrogens with zero attached hydrogens (tertiary/aromatic N) is 6. The fraction of sp³-hybridized carbons (Fsp3) is 0.440. The van der Waals surface area contributed by atoms with Crippen molar-refractivity contribution in [3.05, 3.63) is 93.0 Å². The van der Waals surface area contributed by atoms with Crippen molar-refractivity contribution in [2.24, 2.45) is 5.41 Å². The number of fused-ring (bicyclic) bond motifs is 2. The number of rotatable bonds is 13. The van der Waals surface area contributed by atoms with Crippen LogP contribution < -0.4 is 30.9 Å². The number of carbonyl (C=O) groups is 3. The zero-order valence-corrected chi connectivity index (χ0v) is 41.3. The molecular formula is C50H58BrFN9O5P. The van der Waals surface area contributed by atoms with Crippen LogP contribution in [0.15, 0.2) is 59.2 Å². The number of anilines is 5. The number of nitrogens with one attached hydrogen (secondary N) is 3. The molecule has 3 fully saturated rings. The number of aromatic nitrogens is 3. The summed E-state index contributed by atoms with van der Waals surface area (Å²) < 4.78 is 35.0. The number of methoxy groups -OCH3 is 1. The Morgan fingerprint density at radius 3 is 2.45 bits per heavy atom. The molecule has 3 aromatic carbocycles. The number of aryl methyl sites for hydroxylation is 3. The lowest BCUT2D eigenvalue weighted by Crippen LogP contribution is -2.52. The van der Waals surface area contributed by atoms with Gasteiger partial charge in [0.2, 0.25) is 17.8 Å². The molecule has 5 aromatic rings. The lowest BCUT2D eigenvalue weighted by Gasteiger charge is -2.47. The smallest absolute Gasteiger partial charge is 0.255 e. The summed E-state index contributed by atoms with van der Waals surface area (Å²) in [6, 6.07) is 14.7. The van der Waals surface area contributed by atoms with Crippen molar-refractivity contribution in [3.8, 4) is 5.75 Å². The van der Waals surface area contributed by atoms with Crippen LogP contribution in [0.1, 0.15) is 84.6 Å². The molecule has 3 saturated heterocycles. The molecular weight excluding hydrogens is 936 g/mol. The minimum atomic E-state index is -2.91. The Kier molecular flexibility index (Phi) is 13.2. The molecule has 0 aliphatic carbocycles. The van der Waals surface area contributed by atoms with Crippen molar-refractivity contribution in [2.75, 3.05) is 68.7 Å². The molecule has 14 nitrogen and oxygen atoms in total. The number of hydrogen-bond donors (Lipinski definition) is 3. The number of carbonyl (C=O) groups excluding carboxylic acids is 3. The first-order valence-corrected chi connectivity index (χ1v) is 26.7. The second-order valence-corrected chi connectivity index (χ2v) is 22.9. The molecule has 2 aromatic heterocycles. The zero-order valence-electron chi connectivity index (χ0n) is 38.8. The molecule has 3 N–H and O–H groups in total. The third kappa shape index (κ3) is 9.67. The molecule has 0 bridgehead atoms. The van der Waals surface area contributed by atoms with Gasteiger partial charge in [0.25, 0.3) is 5.91 Å². The molecule has 1 unspecified atom stereocenters. The molecule has 67 heavy (non-hydrogen) atoms. The Labute approximate surface area is 399 Å². The molecule has 1 atom stereocenters. The predicted octanol–water partition coefficient (Wildman–Crippen LogP) is 8.62. The van der Waals surface area contributed by atoms with Crippen LogP contribution in [-0.2, 0) is 33.5 Å². The third-order valence-electron chi connectivity index (χ3n) is 14.3. The van der Waals surface area contributed by atoms with E-state index in [9.17, 15) is 23.3 Å². The molecule has 17 heteroatoms. The summed E-state index contributed by atoms with van der Waals surface area (Å²) in [5.74, 6) is 0.229. The predicted molar refractivity (Wildman–Crippen MR) is 265 cm³/mol. The van der Waals surface area contributed by atoms with Crippen LogP contribution in [0, 0.1) is 18.2 Å². The quantitative estimate of drug-likeness (QED) is 0.0762. The summed E-state index contributed by atoms with van der Waals surface area (Å²) in [5.41, 5.74) is 7.71. The lowest BCUT2D eigenvalue weighted by molar-refractivity contribution is -0.136. The van der Waals surface area contributed by atoms with Crippen molar-refractivity contribution < 1.29 is 28.1 Å². The van der Waals surface area contributed by atoms with E-state index < -0.39 is 19.0 Å². The van der Waals surface area contributed by atoms with E-state index in [-0.39, 0.29) is 29.8 Å². The van der Waals surface area contributed by atoms with Gasteiger partial charge in [-0.1, -0.05) is 19.1 Å². The van der Waals surface area contributed by atoms with Crippen LogP contribution in [0.2, 0.25) is 0 Å². The highest BCUT2D eigenvalue weighted by Gasteiger charge is 2.40. The number of imide groups is 1. The third-order valence-corrected chi connectivity index (χ3v) is 16.4. The molecule has 4 aliphatic heterocycles. The van der Waals surface area contributed by atoms with Crippen LogP contribution in [0.5, 0.6) is 5.75 Å². The number of ether oxygens (including phenoxy) is 1. The normalized spacial score (nSPS) is 18.7. The van der Waals surface area contributed by atoms with Gasteiger partial charge in [0, 0.05) is 60.3 Å². The Hall–Kier alpha value is -5.44. The van der Waals surface area contributed by atoms with Crippen LogP contribution in [0.25, 0.3) is 10.9 Å². The number of benzene rings is 3. The first-order valence-electron chi connectivity index (χ1n) is 23.3. The van der Waals surface area contributed by atoms with Gasteiger partial charge < -0.3 is 34.6 Å². The number of pyridine rings is 1. The first kappa shape index (κ1) is 46.7. The highest BCUT2D eigenvalue weighted by atomic mass is 79.9. The maximum Gasteiger partial charge on any atom is 0.255 e. The van der Waals surface area contributed by atoms with E-state index >= 15 is 0 Å². The van der Waals surface area contributed by atoms with Gasteiger partial charge in [-0.15, -0.1) is 0 Å². The van der Waals surface area contributed by atoms with E-state index in [0.717, 1.165) is 76.1 Å². The fourth-order valence-electron chi connectivity index (χ4n) is 10.5. The molecule has 352 valence electrons. The van der Waals surface area contributed by atoms with Crippen molar-refractivity contribution in [1.82, 2.24) is 30.1 Å². The van der Waals surface area contributed by atoms with Gasteiger partial charge in [-0.3, -0.25) is 24.7 Å². The van der Waals surface area contributed by atoms with Gasteiger partial charge in [0.1, 0.15) is 30.6 Å². The summed E-state index contributed by atoms with van der Waals surface area (Å²) in [6.45, 7) is 12.7. The lowest BCUT2D eigenvalue weighted by atomic mass is 9.71. The van der Waals surface area contributed by atoms with Gasteiger partial charge in [-0.25, -0.2) is 9.37 Å². The van der Waals surface area contributed by atoms with Crippen LogP contribution in [0.3, 0.4) is 0 Å². The maximum atomic E-state index is 14.7. The number of piperidine rings is 3. The second kappa shape index (κ2) is 18.9. The van der Waals surface area contributed by atoms with Gasteiger partial charge in [-0.05, 0) is 160 Å². The van der Waals surface area contributed by atoms with E-state index in [0.29, 0.717) is 67.8 Å². The summed E-state index contributed by atoms with van der Waals surface area (Å²) in [6.07, 6.45) is 9.76. The van der Waals surface area contributed by atoms with Gasteiger partial charge in [0.05, 0.1) is 34.2 Å². The molecule has 6 heterocycles. The minimum Gasteiger partial charge on any atom is -0.494 e. The SMILES string of the molecule is CCc1cc(Nc2ncc(Br)c(Nc3ccc4nc(C)c(F)cc4c3P(C)(C)=O)n2)c(OC)cc1N1CCC2(CCN(CCCc3ccc4c(c3)CN(C3CCC(=O)NC3=O)C4=O)CC2)CC1. The zero-order chi connectivity index (χ0) is 47.2. The van der Waals surface area contributed by atoms with Gasteiger partial charge in [0.15, 0.2) is 0 Å². The van der Waals surface area contributed by atoms with Crippen molar-refractivity contribution in [2.45, 2.75) is 84.2 Å². The Bertz CT molecular complexity index is 2820. The average molecular weight is 995 g/mol. The Morgan fingerprint density at radius 1 is 0.970 bits per heavy atom. The monoisotopic (exact) mass is 993 g/mol. The summed E-state index contributed by atoms with van der Waals surface area (Å²) in [4.78, 5) is 57.7. The number of likely N-dealkylation sites (tertiary alicyclic amines) is 1. The Balaban J connectivity index is 0.797. The van der Waals surface area contributed by atoms with Crippen LogP contribution in [0.4, 0.5) is 33.2 Å². The van der Waals surface area contributed by atoms with Gasteiger partial charge >= 0.3 is 0 Å². The van der Waals surface area contributed by atoms with Crippen LogP contribution >= 0.6 is 23.1 Å². The molecule has 0 radical (unpaired) electrons. The largest absolute Gasteiger partial charge is 0.494 e. The molecule has 0 saturated carbocycles. The fourth-order valence-corrected chi connectivity index (χ4v) is 12.2. The van der Waals surface area contributed by atoms with Crippen LogP contribution in [-0.4, -0.2) is 102 Å². The van der Waals surface area contributed by atoms with Crippen molar-refractivity contribution >= 4 is 85.8 Å². The van der Waals surface area contributed by atoms with Gasteiger partial charge in [-0.2, -0.15) is 4.98 Å². The second-order valence-electron chi connectivity index (χ2n) is 18.9. The summed E-state index contributed by atoms with van der Waals surface area (Å²) >= 11 is 3.58. The molecule has 1 spiro atoms. The Morgan fingerprint density at radius 2 is 1.73 bits per heavy atom. The molecule has 3 amide bonds. The van der Waals surface area contributed by atoms with E-state index in [1.165, 1.54) is 35.7 Å². The standard InChI is InChI=1S/C50H58BrFN9O5P/c1-6-32-25-40(56-49-53-28-36(51)46(58-49)55-39-12-11-38-35(45(39)67(4,5)65)26-37(52)30(2)54-38)43(66-3)27-42(32)60-22-17-50(18-23-60)15-20-59(21-16-50)19-7-8-31-9-10-34-33(24-31)29-61(48(34)64)41-13-14-44(62)57-47(41)63/h9-12,24-28,41H,6-8,13-23,29H2,1-5H3,(H,57,62,63)(H2,53,55,56,58). The average Bonchev–Trinajstić information content (AvgIpc) is 3.62. The summed E-state index contributed by atoms with van der Waals surface area (Å²) in [7, 11) is -1.24. The van der Waals surface area contributed by atoms with E-state index in [2.05, 4.69) is 76.8 Å². The number of amides is 3. The van der Waals surface area contributed by atoms with Crippen molar-refractivity contribution in [1.29, 1.82) is 0 Å². The van der Waals surface area contributed by atoms with E-state index in [4.69, 9.17) is 9.72 Å². The topological polar surface area (TPSA) is 162 Å². The highest BCUT2D eigenvalue weighted by molar-refractivity contribution is 9.10. The minimum absolute atomic E-state index is 0.131. The first-order chi connectivity index (χ1) is 32.1. The maximum absolute atomic E-state index is 14.7. The molecule has 9 rings (SSSR count). The number of halogens is 2. The highest BCUT2D eigenvalue weighted by Crippen LogP contribution is 2.45. The van der Waals surface area contributed by atoms with E-state index in [1.807, 2.05) is 12.1 Å². The molecule has 4 aliphatic rings. The van der Waals surface area contributed by atoms with Crippen molar-refractivity contribution in [3.63, 3.8) is 0 Å². The summed E-state index contributed by atoms with van der Waals surface area (Å²) in [5, 5.41) is 10.1. The van der Waals surface area contributed by atoms with E-state index in [1.54, 1.807) is 50.6 Å². The number of hydrogen-bond acceptors (Lipinski definition) is 12.